The Bertz CT molecular complexity index is 704. The molecule has 0 aromatic carbocycles. The minimum atomic E-state index is 0. The summed E-state index contributed by atoms with van der Waals surface area (Å²) in [6, 6.07) is 9.93. The highest BCUT2D eigenvalue weighted by Gasteiger charge is 2.20. The maximum atomic E-state index is 5.17. The van der Waals surface area contributed by atoms with Crippen LogP contribution in [-0.2, 0) is 6.54 Å². The van der Waals surface area contributed by atoms with Gasteiger partial charge in [-0.2, -0.15) is 0 Å². The van der Waals surface area contributed by atoms with Crippen molar-refractivity contribution in [2.45, 2.75) is 6.54 Å². The number of methoxy groups -OCH3 is 1. The number of anilines is 1. The predicted molar refractivity (Wildman–Crippen MR) is 114 cm³/mol. The van der Waals surface area contributed by atoms with Crippen molar-refractivity contribution < 1.29 is 4.74 Å². The molecule has 1 aliphatic heterocycles. The number of aliphatic imine (C=N–C) groups is 1. The van der Waals surface area contributed by atoms with Crippen molar-refractivity contribution in [2.24, 2.45) is 4.99 Å². The van der Waals surface area contributed by atoms with Crippen LogP contribution in [0.1, 0.15) is 5.56 Å². The van der Waals surface area contributed by atoms with Crippen LogP contribution < -0.4 is 15.0 Å². The molecule has 0 saturated carbocycles. The molecule has 3 heterocycles. The zero-order valence-electron chi connectivity index (χ0n) is 15.1. The largest absolute Gasteiger partial charge is 0.481 e. The summed E-state index contributed by atoms with van der Waals surface area (Å²) in [4.78, 5) is 17.6. The van der Waals surface area contributed by atoms with Gasteiger partial charge in [0.2, 0.25) is 5.88 Å². The first-order valence-corrected chi connectivity index (χ1v) is 8.40. The average molecular weight is 468 g/mol. The molecule has 0 atom stereocenters. The van der Waals surface area contributed by atoms with Gasteiger partial charge in [0.25, 0.3) is 0 Å². The highest BCUT2D eigenvalue weighted by atomic mass is 127. The van der Waals surface area contributed by atoms with E-state index in [1.807, 2.05) is 37.5 Å². The maximum absolute atomic E-state index is 5.17. The van der Waals surface area contributed by atoms with Gasteiger partial charge in [0.15, 0.2) is 5.96 Å². The third-order valence-corrected chi connectivity index (χ3v) is 4.22. The summed E-state index contributed by atoms with van der Waals surface area (Å²) >= 11 is 0. The molecule has 3 rings (SSSR count). The first kappa shape index (κ1) is 20.2. The molecular formula is C18H25IN6O. The zero-order valence-corrected chi connectivity index (χ0v) is 17.5. The number of guanidine groups is 1. The van der Waals surface area contributed by atoms with Crippen LogP contribution in [0.2, 0.25) is 0 Å². The second kappa shape index (κ2) is 10.1. The van der Waals surface area contributed by atoms with Crippen molar-refractivity contribution in [1.82, 2.24) is 20.2 Å². The summed E-state index contributed by atoms with van der Waals surface area (Å²) in [5, 5.41) is 3.42. The van der Waals surface area contributed by atoms with Crippen LogP contribution >= 0.6 is 24.0 Å². The van der Waals surface area contributed by atoms with E-state index in [1.165, 1.54) is 0 Å². The second-order valence-corrected chi connectivity index (χ2v) is 5.77. The van der Waals surface area contributed by atoms with E-state index in [-0.39, 0.29) is 24.0 Å². The SMILES string of the molecule is CN=C(NCc1ccnc(OC)c1)N1CCN(c2ccccn2)CC1.I. The van der Waals surface area contributed by atoms with Gasteiger partial charge in [0.05, 0.1) is 7.11 Å². The third kappa shape index (κ3) is 5.20. The van der Waals surface area contributed by atoms with Gasteiger partial charge >= 0.3 is 0 Å². The van der Waals surface area contributed by atoms with Gasteiger partial charge in [-0.15, -0.1) is 24.0 Å². The van der Waals surface area contributed by atoms with Gasteiger partial charge in [-0.25, -0.2) is 9.97 Å². The number of aromatic nitrogens is 2. The van der Waals surface area contributed by atoms with Crippen molar-refractivity contribution in [2.75, 3.05) is 45.2 Å². The Morgan fingerprint density at radius 1 is 1.15 bits per heavy atom. The van der Waals surface area contributed by atoms with E-state index < -0.39 is 0 Å². The first-order chi connectivity index (χ1) is 12.3. The van der Waals surface area contributed by atoms with E-state index in [9.17, 15) is 0 Å². The Labute approximate surface area is 171 Å². The second-order valence-electron chi connectivity index (χ2n) is 5.77. The number of pyridine rings is 2. The molecule has 26 heavy (non-hydrogen) atoms. The fraction of sp³-hybridized carbons (Fsp3) is 0.389. The Morgan fingerprint density at radius 3 is 2.62 bits per heavy atom. The van der Waals surface area contributed by atoms with E-state index in [4.69, 9.17) is 4.74 Å². The summed E-state index contributed by atoms with van der Waals surface area (Å²) in [5.74, 6) is 2.57. The highest BCUT2D eigenvalue weighted by molar-refractivity contribution is 14.0. The van der Waals surface area contributed by atoms with Crippen LogP contribution in [0.5, 0.6) is 5.88 Å². The topological polar surface area (TPSA) is 65.9 Å². The molecule has 7 nitrogen and oxygen atoms in total. The smallest absolute Gasteiger partial charge is 0.213 e. The Hall–Kier alpha value is -2.10. The van der Waals surface area contributed by atoms with Gasteiger partial charge in [-0.1, -0.05) is 6.07 Å². The fourth-order valence-electron chi connectivity index (χ4n) is 2.87. The van der Waals surface area contributed by atoms with Crippen molar-refractivity contribution >= 4 is 35.8 Å². The lowest BCUT2D eigenvalue weighted by molar-refractivity contribution is 0.371. The van der Waals surface area contributed by atoms with Crippen LogP contribution in [0.25, 0.3) is 0 Å². The van der Waals surface area contributed by atoms with Crippen LogP contribution in [0.3, 0.4) is 0 Å². The van der Waals surface area contributed by atoms with Crippen molar-refractivity contribution in [3.8, 4) is 5.88 Å². The summed E-state index contributed by atoms with van der Waals surface area (Å²) in [6.07, 6.45) is 3.59. The molecule has 140 valence electrons. The summed E-state index contributed by atoms with van der Waals surface area (Å²) < 4.78 is 5.17. The van der Waals surface area contributed by atoms with Gasteiger partial charge in [0.1, 0.15) is 5.82 Å². The zero-order chi connectivity index (χ0) is 17.5. The minimum absolute atomic E-state index is 0. The number of piperazine rings is 1. The minimum Gasteiger partial charge on any atom is -0.481 e. The number of halogens is 1. The maximum Gasteiger partial charge on any atom is 0.213 e. The fourth-order valence-corrected chi connectivity index (χ4v) is 2.87. The molecule has 1 N–H and O–H groups in total. The van der Waals surface area contributed by atoms with Gasteiger partial charge in [-0.05, 0) is 23.8 Å². The van der Waals surface area contributed by atoms with Crippen LogP contribution in [0, 0.1) is 0 Å². The quantitative estimate of drug-likeness (QED) is 0.421. The predicted octanol–water partition coefficient (Wildman–Crippen LogP) is 2.00. The lowest BCUT2D eigenvalue weighted by Crippen LogP contribution is -2.52. The molecule has 0 radical (unpaired) electrons. The monoisotopic (exact) mass is 468 g/mol. The first-order valence-electron chi connectivity index (χ1n) is 8.40. The Morgan fingerprint density at radius 2 is 1.96 bits per heavy atom. The molecule has 0 bridgehead atoms. The van der Waals surface area contributed by atoms with E-state index in [2.05, 4.69) is 36.1 Å². The summed E-state index contributed by atoms with van der Waals surface area (Å²) in [6.45, 7) is 4.37. The molecule has 8 heteroatoms. The molecule has 0 aliphatic carbocycles. The van der Waals surface area contributed by atoms with Gasteiger partial charge in [-0.3, -0.25) is 4.99 Å². The molecule has 2 aromatic heterocycles. The Kier molecular flexibility index (Phi) is 7.89. The number of hydrogen-bond donors (Lipinski definition) is 1. The molecule has 0 amide bonds. The average Bonchev–Trinajstić information content (AvgIpc) is 2.70. The molecule has 1 fully saturated rings. The highest BCUT2D eigenvalue weighted by Crippen LogP contribution is 2.13. The Balaban J connectivity index is 0.00000243. The summed E-state index contributed by atoms with van der Waals surface area (Å²) in [7, 11) is 3.44. The van der Waals surface area contributed by atoms with E-state index in [0.29, 0.717) is 12.4 Å². The van der Waals surface area contributed by atoms with E-state index in [0.717, 1.165) is 43.5 Å². The molecule has 2 aromatic rings. The molecule has 0 spiro atoms. The van der Waals surface area contributed by atoms with Gasteiger partial charge < -0.3 is 19.9 Å². The number of nitrogens with one attached hydrogen (secondary N) is 1. The lowest BCUT2D eigenvalue weighted by Gasteiger charge is -2.37. The van der Waals surface area contributed by atoms with Crippen LogP contribution in [-0.4, -0.2) is 61.2 Å². The molecule has 1 saturated heterocycles. The molecular weight excluding hydrogens is 443 g/mol. The van der Waals surface area contributed by atoms with E-state index >= 15 is 0 Å². The number of rotatable bonds is 4. The number of hydrogen-bond acceptors (Lipinski definition) is 5. The lowest BCUT2D eigenvalue weighted by atomic mass is 10.2. The van der Waals surface area contributed by atoms with Crippen molar-refractivity contribution in [1.29, 1.82) is 0 Å². The third-order valence-electron chi connectivity index (χ3n) is 4.22. The summed E-state index contributed by atoms with van der Waals surface area (Å²) in [5.41, 5.74) is 1.11. The normalized spacial score (nSPS) is 14.6. The van der Waals surface area contributed by atoms with Gasteiger partial charge in [0, 0.05) is 58.2 Å². The number of ether oxygens (including phenoxy) is 1. The number of nitrogens with zero attached hydrogens (tertiary/aromatic N) is 5. The van der Waals surface area contributed by atoms with E-state index in [1.54, 1.807) is 13.3 Å². The van der Waals surface area contributed by atoms with Crippen LogP contribution in [0.15, 0.2) is 47.7 Å². The molecule has 0 unspecified atom stereocenters. The standard InChI is InChI=1S/C18H24N6O.HI/c1-19-18(22-14-15-6-8-21-17(13-15)25-2)24-11-9-23(10-12-24)16-5-3-4-7-20-16;/h3-8,13H,9-12,14H2,1-2H3,(H,19,22);1H. The van der Waals surface area contributed by atoms with Crippen molar-refractivity contribution in [3.63, 3.8) is 0 Å². The van der Waals surface area contributed by atoms with Crippen molar-refractivity contribution in [3.05, 3.63) is 48.3 Å². The van der Waals surface area contributed by atoms with Crippen LogP contribution in [0.4, 0.5) is 5.82 Å². The molecule has 1 aliphatic rings.